The lowest BCUT2D eigenvalue weighted by molar-refractivity contribution is 0.0697. The predicted octanol–water partition coefficient (Wildman–Crippen LogP) is 3.12. The molecule has 20 heavy (non-hydrogen) atoms. The van der Waals surface area contributed by atoms with E-state index in [0.29, 0.717) is 6.42 Å². The molecular formula is C13H11ClO4S2. The SMILES string of the molecule is O=C(O)c1ccc(S(=O)(=O)CCc2cccs2)cc1Cl. The van der Waals surface area contributed by atoms with Crippen molar-refractivity contribution < 1.29 is 18.3 Å². The minimum Gasteiger partial charge on any atom is -0.478 e. The summed E-state index contributed by atoms with van der Waals surface area (Å²) in [6, 6.07) is 7.42. The monoisotopic (exact) mass is 330 g/mol. The quantitative estimate of drug-likeness (QED) is 0.914. The van der Waals surface area contributed by atoms with Crippen molar-refractivity contribution in [1.82, 2.24) is 0 Å². The fourth-order valence-corrected chi connectivity index (χ4v) is 4.13. The van der Waals surface area contributed by atoms with Gasteiger partial charge in [0.15, 0.2) is 9.84 Å². The number of hydrogen-bond acceptors (Lipinski definition) is 4. The van der Waals surface area contributed by atoms with Gasteiger partial charge in [-0.15, -0.1) is 11.3 Å². The van der Waals surface area contributed by atoms with Gasteiger partial charge in [-0.3, -0.25) is 0 Å². The third kappa shape index (κ3) is 3.39. The minimum atomic E-state index is -3.47. The summed E-state index contributed by atoms with van der Waals surface area (Å²) in [6.45, 7) is 0. The third-order valence-corrected chi connectivity index (χ3v) is 5.69. The van der Waals surface area contributed by atoms with Crippen LogP contribution in [0.2, 0.25) is 5.02 Å². The molecular weight excluding hydrogens is 320 g/mol. The molecule has 0 fully saturated rings. The molecule has 0 unspecified atom stereocenters. The number of thiophene rings is 1. The molecule has 1 N–H and O–H groups in total. The van der Waals surface area contributed by atoms with Crippen LogP contribution >= 0.6 is 22.9 Å². The van der Waals surface area contributed by atoms with Gasteiger partial charge in [0.1, 0.15) is 0 Å². The molecule has 0 amide bonds. The van der Waals surface area contributed by atoms with Gasteiger partial charge in [-0.2, -0.15) is 0 Å². The molecule has 0 spiro atoms. The molecule has 0 aliphatic heterocycles. The number of sulfone groups is 1. The van der Waals surface area contributed by atoms with Gasteiger partial charge < -0.3 is 5.11 Å². The molecule has 0 saturated heterocycles. The normalized spacial score (nSPS) is 11.4. The molecule has 0 aliphatic rings. The molecule has 106 valence electrons. The van der Waals surface area contributed by atoms with Crippen molar-refractivity contribution in [2.24, 2.45) is 0 Å². The van der Waals surface area contributed by atoms with E-state index in [9.17, 15) is 13.2 Å². The first-order valence-electron chi connectivity index (χ1n) is 5.68. The van der Waals surface area contributed by atoms with Gasteiger partial charge in [-0.05, 0) is 36.1 Å². The molecule has 7 heteroatoms. The number of aryl methyl sites for hydroxylation is 1. The average molecular weight is 331 g/mol. The molecule has 4 nitrogen and oxygen atoms in total. The van der Waals surface area contributed by atoms with Crippen LogP contribution in [-0.2, 0) is 16.3 Å². The number of halogens is 1. The summed E-state index contributed by atoms with van der Waals surface area (Å²) in [6.07, 6.45) is 0.429. The highest BCUT2D eigenvalue weighted by Crippen LogP contribution is 2.22. The zero-order chi connectivity index (χ0) is 14.8. The summed E-state index contributed by atoms with van der Waals surface area (Å²) in [7, 11) is -3.47. The van der Waals surface area contributed by atoms with Crippen LogP contribution in [0.4, 0.5) is 0 Å². The first-order chi connectivity index (χ1) is 9.40. The number of benzene rings is 1. The molecule has 2 aromatic rings. The lowest BCUT2D eigenvalue weighted by Crippen LogP contribution is -2.09. The maximum Gasteiger partial charge on any atom is 0.337 e. The van der Waals surface area contributed by atoms with Crippen LogP contribution < -0.4 is 0 Å². The molecule has 0 saturated carbocycles. The summed E-state index contributed by atoms with van der Waals surface area (Å²) in [5, 5.41) is 10.7. The maximum absolute atomic E-state index is 12.2. The largest absolute Gasteiger partial charge is 0.478 e. The van der Waals surface area contributed by atoms with Crippen molar-refractivity contribution in [2.45, 2.75) is 11.3 Å². The fraction of sp³-hybridized carbons (Fsp3) is 0.154. The number of carbonyl (C=O) groups is 1. The Hall–Kier alpha value is -1.37. The van der Waals surface area contributed by atoms with Gasteiger partial charge in [0.2, 0.25) is 0 Å². The van der Waals surface area contributed by atoms with Gasteiger partial charge in [0.25, 0.3) is 0 Å². The first kappa shape index (κ1) is 15.0. The van der Waals surface area contributed by atoms with Crippen molar-refractivity contribution in [2.75, 3.05) is 5.75 Å². The van der Waals surface area contributed by atoms with E-state index < -0.39 is 15.8 Å². The standard InChI is InChI=1S/C13H11ClO4S2/c14-12-8-10(3-4-11(12)13(15)16)20(17,18)7-5-9-2-1-6-19-9/h1-4,6,8H,5,7H2,(H,15,16). The van der Waals surface area contributed by atoms with E-state index in [-0.39, 0.29) is 21.2 Å². The van der Waals surface area contributed by atoms with Crippen LogP contribution in [0.5, 0.6) is 0 Å². The molecule has 1 aromatic carbocycles. The van der Waals surface area contributed by atoms with E-state index >= 15 is 0 Å². The second-order valence-electron chi connectivity index (χ2n) is 4.10. The first-order valence-corrected chi connectivity index (χ1v) is 8.59. The topological polar surface area (TPSA) is 71.4 Å². The Labute approximate surface area is 125 Å². The number of carboxylic acids is 1. The number of hydrogen-bond donors (Lipinski definition) is 1. The van der Waals surface area contributed by atoms with Crippen LogP contribution in [0, 0.1) is 0 Å². The second kappa shape index (κ2) is 5.95. The van der Waals surface area contributed by atoms with Crippen molar-refractivity contribution in [1.29, 1.82) is 0 Å². The van der Waals surface area contributed by atoms with E-state index in [1.165, 1.54) is 29.5 Å². The Balaban J connectivity index is 2.21. The van der Waals surface area contributed by atoms with Crippen LogP contribution in [0.25, 0.3) is 0 Å². The molecule has 0 bridgehead atoms. The third-order valence-electron chi connectivity index (χ3n) is 2.73. The minimum absolute atomic E-state index is 0.0315. The van der Waals surface area contributed by atoms with Gasteiger partial charge in [0.05, 0.1) is 21.2 Å². The van der Waals surface area contributed by atoms with E-state index in [1.54, 1.807) is 0 Å². The Bertz CT molecular complexity index is 721. The smallest absolute Gasteiger partial charge is 0.337 e. The molecule has 2 rings (SSSR count). The fourth-order valence-electron chi connectivity index (χ4n) is 1.67. The summed E-state index contributed by atoms with van der Waals surface area (Å²) >= 11 is 7.29. The van der Waals surface area contributed by atoms with Gasteiger partial charge in [-0.25, -0.2) is 13.2 Å². The Morgan fingerprint density at radius 3 is 2.60 bits per heavy atom. The second-order valence-corrected chi connectivity index (χ2v) is 7.64. The summed E-state index contributed by atoms with van der Waals surface area (Å²) in [5.41, 5.74) is -0.108. The van der Waals surface area contributed by atoms with Crippen molar-refractivity contribution in [3.63, 3.8) is 0 Å². The van der Waals surface area contributed by atoms with E-state index in [2.05, 4.69) is 0 Å². The summed E-state index contributed by atoms with van der Waals surface area (Å²) in [5.74, 6) is -1.21. The lowest BCUT2D eigenvalue weighted by Gasteiger charge is -2.06. The van der Waals surface area contributed by atoms with Crippen LogP contribution in [0.3, 0.4) is 0 Å². The van der Waals surface area contributed by atoms with Gasteiger partial charge >= 0.3 is 5.97 Å². The van der Waals surface area contributed by atoms with Crippen molar-refractivity contribution in [3.8, 4) is 0 Å². The highest BCUT2D eigenvalue weighted by molar-refractivity contribution is 7.91. The Morgan fingerprint density at radius 2 is 2.05 bits per heavy atom. The molecule has 1 heterocycles. The zero-order valence-electron chi connectivity index (χ0n) is 10.2. The summed E-state index contributed by atoms with van der Waals surface area (Å²) in [4.78, 5) is 11.9. The zero-order valence-corrected chi connectivity index (χ0v) is 12.6. The summed E-state index contributed by atoms with van der Waals surface area (Å²) < 4.78 is 24.3. The van der Waals surface area contributed by atoms with Crippen LogP contribution in [0.1, 0.15) is 15.2 Å². The Morgan fingerprint density at radius 1 is 1.30 bits per heavy atom. The molecule has 0 atom stereocenters. The maximum atomic E-state index is 12.2. The Kier molecular flexibility index (Phi) is 4.47. The molecule has 1 aromatic heterocycles. The van der Waals surface area contributed by atoms with Gasteiger partial charge in [0, 0.05) is 4.88 Å². The van der Waals surface area contributed by atoms with E-state index in [1.807, 2.05) is 17.5 Å². The van der Waals surface area contributed by atoms with Crippen LogP contribution in [-0.4, -0.2) is 25.2 Å². The van der Waals surface area contributed by atoms with Crippen molar-refractivity contribution in [3.05, 3.63) is 51.2 Å². The molecule has 0 aliphatic carbocycles. The predicted molar refractivity (Wildman–Crippen MR) is 78.5 cm³/mol. The van der Waals surface area contributed by atoms with E-state index in [4.69, 9.17) is 16.7 Å². The van der Waals surface area contributed by atoms with E-state index in [0.717, 1.165) is 4.88 Å². The number of carboxylic acid groups (broad SMARTS) is 1. The van der Waals surface area contributed by atoms with Crippen molar-refractivity contribution >= 4 is 38.7 Å². The average Bonchev–Trinajstić information content (AvgIpc) is 2.89. The van der Waals surface area contributed by atoms with Crippen LogP contribution in [0.15, 0.2) is 40.6 Å². The number of aromatic carboxylic acids is 1. The molecule has 0 radical (unpaired) electrons. The number of rotatable bonds is 5. The lowest BCUT2D eigenvalue weighted by atomic mass is 10.2. The highest BCUT2D eigenvalue weighted by atomic mass is 35.5. The van der Waals surface area contributed by atoms with Gasteiger partial charge in [-0.1, -0.05) is 17.7 Å². The highest BCUT2D eigenvalue weighted by Gasteiger charge is 2.18.